The Morgan fingerprint density at radius 2 is 1.81 bits per heavy atom. The standard InChI is InChI=1S/C19H19F2NO5/c1-3-25-18(24)13-7-6-8-14(11-13)26-12(2)17(23)22-15-9-4-5-10-16(15)27-19(20)21/h4-12,19H,3H2,1-2H3,(H,22,23)/t12-/m1/s1. The third kappa shape index (κ3) is 5.95. The highest BCUT2D eigenvalue weighted by atomic mass is 19.3. The minimum Gasteiger partial charge on any atom is -0.481 e. The molecule has 0 unspecified atom stereocenters. The van der Waals surface area contributed by atoms with Crippen molar-refractivity contribution >= 4 is 17.6 Å². The fraction of sp³-hybridized carbons (Fsp3) is 0.263. The molecule has 1 N–H and O–H groups in total. The van der Waals surface area contributed by atoms with Gasteiger partial charge in [0.25, 0.3) is 5.91 Å². The van der Waals surface area contributed by atoms with Crippen LogP contribution in [0.15, 0.2) is 48.5 Å². The van der Waals surface area contributed by atoms with Gasteiger partial charge in [0.15, 0.2) is 6.10 Å². The number of carbonyl (C=O) groups is 2. The summed E-state index contributed by atoms with van der Waals surface area (Å²) in [5.41, 5.74) is 0.385. The number of alkyl halides is 2. The van der Waals surface area contributed by atoms with Crippen molar-refractivity contribution in [1.29, 1.82) is 0 Å². The maximum atomic E-state index is 12.4. The second-order valence-corrected chi connectivity index (χ2v) is 5.37. The molecule has 1 amide bonds. The van der Waals surface area contributed by atoms with Crippen molar-refractivity contribution in [3.63, 3.8) is 0 Å². The number of para-hydroxylation sites is 2. The number of hydrogen-bond donors (Lipinski definition) is 1. The van der Waals surface area contributed by atoms with Crippen LogP contribution >= 0.6 is 0 Å². The molecule has 0 aliphatic heterocycles. The van der Waals surface area contributed by atoms with Gasteiger partial charge in [-0.1, -0.05) is 18.2 Å². The third-order valence-electron chi connectivity index (χ3n) is 3.39. The van der Waals surface area contributed by atoms with Crippen LogP contribution in [-0.4, -0.2) is 31.2 Å². The van der Waals surface area contributed by atoms with Gasteiger partial charge < -0.3 is 19.5 Å². The minimum atomic E-state index is -3.01. The summed E-state index contributed by atoms with van der Waals surface area (Å²) in [5, 5.41) is 2.48. The number of rotatable bonds is 8. The molecule has 2 aromatic carbocycles. The van der Waals surface area contributed by atoms with Gasteiger partial charge in [-0.25, -0.2) is 4.79 Å². The zero-order valence-corrected chi connectivity index (χ0v) is 14.8. The summed E-state index contributed by atoms with van der Waals surface area (Å²) >= 11 is 0. The Hall–Kier alpha value is -3.16. The average molecular weight is 379 g/mol. The summed E-state index contributed by atoms with van der Waals surface area (Å²) in [7, 11) is 0. The molecular weight excluding hydrogens is 360 g/mol. The highest BCUT2D eigenvalue weighted by Crippen LogP contribution is 2.26. The molecule has 1 atom stereocenters. The molecule has 8 heteroatoms. The fourth-order valence-corrected chi connectivity index (χ4v) is 2.17. The van der Waals surface area contributed by atoms with Crippen LogP contribution < -0.4 is 14.8 Å². The first-order valence-corrected chi connectivity index (χ1v) is 8.19. The van der Waals surface area contributed by atoms with Crippen LogP contribution in [0.5, 0.6) is 11.5 Å². The molecule has 2 rings (SSSR count). The van der Waals surface area contributed by atoms with Crippen molar-refractivity contribution in [3.05, 3.63) is 54.1 Å². The van der Waals surface area contributed by atoms with Gasteiger partial charge in [-0.15, -0.1) is 0 Å². The number of nitrogens with one attached hydrogen (secondary N) is 1. The highest BCUT2D eigenvalue weighted by Gasteiger charge is 2.18. The lowest BCUT2D eigenvalue weighted by molar-refractivity contribution is -0.122. The van der Waals surface area contributed by atoms with Crippen LogP contribution in [0.2, 0.25) is 0 Å². The Bertz CT molecular complexity index is 797. The van der Waals surface area contributed by atoms with Gasteiger partial charge in [0, 0.05) is 0 Å². The number of hydrogen-bond acceptors (Lipinski definition) is 5. The van der Waals surface area contributed by atoms with Crippen LogP contribution in [0.4, 0.5) is 14.5 Å². The summed E-state index contributed by atoms with van der Waals surface area (Å²) in [6.45, 7) is 0.411. The van der Waals surface area contributed by atoms with Crippen molar-refractivity contribution in [2.75, 3.05) is 11.9 Å². The molecule has 0 spiro atoms. The smallest absolute Gasteiger partial charge is 0.387 e. The molecule has 0 fully saturated rings. The summed E-state index contributed by atoms with van der Waals surface area (Å²) in [4.78, 5) is 24.1. The summed E-state index contributed by atoms with van der Waals surface area (Å²) in [5.74, 6) is -0.933. The second kappa shape index (κ2) is 9.51. The molecule has 6 nitrogen and oxygen atoms in total. The van der Waals surface area contributed by atoms with E-state index in [0.29, 0.717) is 5.75 Å². The molecule has 144 valence electrons. The summed E-state index contributed by atoms with van der Waals surface area (Å²) in [6.07, 6.45) is -0.956. The van der Waals surface area contributed by atoms with Gasteiger partial charge in [0.05, 0.1) is 17.9 Å². The van der Waals surface area contributed by atoms with Gasteiger partial charge in [0.2, 0.25) is 0 Å². The molecule has 0 bridgehead atoms. The SMILES string of the molecule is CCOC(=O)c1cccc(O[C@H](C)C(=O)Nc2ccccc2OC(F)F)c1. The molecule has 0 saturated carbocycles. The topological polar surface area (TPSA) is 73.9 Å². The predicted molar refractivity (Wildman–Crippen MR) is 94.2 cm³/mol. The van der Waals surface area contributed by atoms with Gasteiger partial charge in [-0.3, -0.25) is 4.79 Å². The molecule has 2 aromatic rings. The Balaban J connectivity index is 2.04. The molecule has 27 heavy (non-hydrogen) atoms. The Morgan fingerprint density at radius 1 is 1.07 bits per heavy atom. The first-order chi connectivity index (χ1) is 12.9. The van der Waals surface area contributed by atoms with Crippen LogP contribution in [-0.2, 0) is 9.53 Å². The van der Waals surface area contributed by atoms with E-state index in [9.17, 15) is 18.4 Å². The van der Waals surface area contributed by atoms with Crippen molar-refractivity contribution in [3.8, 4) is 11.5 Å². The number of anilines is 1. The highest BCUT2D eigenvalue weighted by molar-refractivity contribution is 5.95. The second-order valence-electron chi connectivity index (χ2n) is 5.37. The van der Waals surface area contributed by atoms with E-state index in [1.807, 2.05) is 0 Å². The molecule has 0 heterocycles. The summed E-state index contributed by atoms with van der Waals surface area (Å²) < 4.78 is 39.7. The van der Waals surface area contributed by atoms with E-state index < -0.39 is 24.6 Å². The van der Waals surface area contributed by atoms with Crippen molar-refractivity contribution in [2.45, 2.75) is 26.6 Å². The van der Waals surface area contributed by atoms with E-state index in [4.69, 9.17) is 9.47 Å². The van der Waals surface area contributed by atoms with E-state index in [1.54, 1.807) is 31.2 Å². The Kier molecular flexibility index (Phi) is 7.10. The predicted octanol–water partition coefficient (Wildman–Crippen LogP) is 3.87. The van der Waals surface area contributed by atoms with Crippen LogP contribution in [0, 0.1) is 0 Å². The van der Waals surface area contributed by atoms with Crippen LogP contribution in [0.1, 0.15) is 24.2 Å². The first-order valence-electron chi connectivity index (χ1n) is 8.19. The van der Waals surface area contributed by atoms with Crippen molar-refractivity contribution in [2.24, 2.45) is 0 Å². The lowest BCUT2D eigenvalue weighted by Crippen LogP contribution is -2.30. The molecule has 0 saturated heterocycles. The van der Waals surface area contributed by atoms with E-state index in [1.165, 1.54) is 31.2 Å². The van der Waals surface area contributed by atoms with Crippen molar-refractivity contribution in [1.82, 2.24) is 0 Å². The van der Waals surface area contributed by atoms with Crippen molar-refractivity contribution < 1.29 is 32.6 Å². The normalized spacial score (nSPS) is 11.6. The zero-order valence-electron chi connectivity index (χ0n) is 14.8. The number of amides is 1. The van der Waals surface area contributed by atoms with Gasteiger partial charge in [-0.2, -0.15) is 8.78 Å². The lowest BCUT2D eigenvalue weighted by Gasteiger charge is -2.17. The lowest BCUT2D eigenvalue weighted by atomic mass is 10.2. The Morgan fingerprint density at radius 3 is 2.52 bits per heavy atom. The molecular formula is C19H19F2NO5. The molecule has 0 aliphatic rings. The monoisotopic (exact) mass is 379 g/mol. The van der Waals surface area contributed by atoms with Gasteiger partial charge in [-0.05, 0) is 44.2 Å². The average Bonchev–Trinajstić information content (AvgIpc) is 2.63. The maximum Gasteiger partial charge on any atom is 0.387 e. The van der Waals surface area contributed by atoms with E-state index >= 15 is 0 Å². The fourth-order valence-electron chi connectivity index (χ4n) is 2.17. The van der Waals surface area contributed by atoms with E-state index in [-0.39, 0.29) is 23.6 Å². The molecule has 0 aromatic heterocycles. The van der Waals surface area contributed by atoms with E-state index in [2.05, 4.69) is 10.1 Å². The number of carbonyl (C=O) groups excluding carboxylic acids is 2. The molecule has 0 radical (unpaired) electrons. The maximum absolute atomic E-state index is 12.4. The number of esters is 1. The summed E-state index contributed by atoms with van der Waals surface area (Å²) in [6, 6.07) is 12.0. The van der Waals surface area contributed by atoms with E-state index in [0.717, 1.165) is 0 Å². The van der Waals surface area contributed by atoms with Gasteiger partial charge in [0.1, 0.15) is 11.5 Å². The Labute approximate surface area is 155 Å². The number of benzene rings is 2. The number of halogens is 2. The first kappa shape index (κ1) is 20.2. The quantitative estimate of drug-likeness (QED) is 0.705. The van der Waals surface area contributed by atoms with Crippen LogP contribution in [0.25, 0.3) is 0 Å². The van der Waals surface area contributed by atoms with Gasteiger partial charge >= 0.3 is 12.6 Å². The largest absolute Gasteiger partial charge is 0.481 e. The minimum absolute atomic E-state index is 0.0959. The van der Waals surface area contributed by atoms with Crippen LogP contribution in [0.3, 0.4) is 0 Å². The third-order valence-corrected chi connectivity index (χ3v) is 3.39. The number of ether oxygens (including phenoxy) is 3. The molecule has 0 aliphatic carbocycles. The zero-order chi connectivity index (χ0) is 19.8.